The molecule has 1 N–H and O–H groups in total. The Morgan fingerprint density at radius 2 is 2.31 bits per heavy atom. The average molecular weight is 223 g/mol. The number of epoxide rings is 1. The van der Waals surface area contributed by atoms with Crippen LogP contribution in [0.4, 0.5) is 5.69 Å². The molecule has 0 aromatic heterocycles. The van der Waals surface area contributed by atoms with Crippen molar-refractivity contribution in [1.29, 1.82) is 0 Å². The molecule has 0 bridgehead atoms. The molecule has 1 saturated heterocycles. The predicted octanol–water partition coefficient (Wildman–Crippen LogP) is 1.23. The number of carboxylic acids is 1. The number of carbonyl (C=O) groups is 1. The van der Waals surface area contributed by atoms with Gasteiger partial charge in [-0.1, -0.05) is 0 Å². The highest BCUT2D eigenvalue weighted by atomic mass is 16.6. The van der Waals surface area contributed by atoms with Crippen molar-refractivity contribution in [3.05, 3.63) is 39.4 Å². The number of nitro benzene ring substituents is 1. The van der Waals surface area contributed by atoms with Crippen molar-refractivity contribution in [1.82, 2.24) is 0 Å². The van der Waals surface area contributed by atoms with Crippen LogP contribution in [-0.2, 0) is 11.2 Å². The molecule has 84 valence electrons. The van der Waals surface area contributed by atoms with E-state index in [0.29, 0.717) is 18.6 Å². The summed E-state index contributed by atoms with van der Waals surface area (Å²) in [7, 11) is 0. The van der Waals surface area contributed by atoms with Gasteiger partial charge in [0, 0.05) is 18.6 Å². The van der Waals surface area contributed by atoms with E-state index in [0.717, 1.165) is 0 Å². The number of rotatable bonds is 4. The zero-order chi connectivity index (χ0) is 11.7. The third kappa shape index (κ3) is 2.17. The van der Waals surface area contributed by atoms with Gasteiger partial charge in [-0.3, -0.25) is 10.1 Å². The summed E-state index contributed by atoms with van der Waals surface area (Å²) in [6, 6.07) is 3.75. The highest BCUT2D eigenvalue weighted by Gasteiger charge is 2.26. The number of non-ortho nitro benzene ring substituents is 1. The lowest BCUT2D eigenvalue weighted by molar-refractivity contribution is -0.384. The maximum atomic E-state index is 10.9. The van der Waals surface area contributed by atoms with Crippen LogP contribution in [0.3, 0.4) is 0 Å². The van der Waals surface area contributed by atoms with Gasteiger partial charge in [0.25, 0.3) is 5.69 Å². The molecule has 1 aliphatic rings. The molecule has 0 amide bonds. The minimum atomic E-state index is -1.08. The molecular formula is C10H9NO5. The Hall–Kier alpha value is -1.95. The van der Waals surface area contributed by atoms with E-state index < -0.39 is 10.9 Å². The fourth-order valence-corrected chi connectivity index (χ4v) is 1.50. The van der Waals surface area contributed by atoms with E-state index in [-0.39, 0.29) is 17.4 Å². The fraction of sp³-hybridized carbons (Fsp3) is 0.300. The molecule has 1 heterocycles. The van der Waals surface area contributed by atoms with Crippen LogP contribution in [0.5, 0.6) is 0 Å². The summed E-state index contributed by atoms with van der Waals surface area (Å²) >= 11 is 0. The van der Waals surface area contributed by atoms with Crippen molar-refractivity contribution in [2.45, 2.75) is 12.5 Å². The quantitative estimate of drug-likeness (QED) is 0.470. The molecule has 0 radical (unpaired) electrons. The van der Waals surface area contributed by atoms with Gasteiger partial charge in [-0.15, -0.1) is 0 Å². The first-order chi connectivity index (χ1) is 7.58. The molecule has 0 aliphatic carbocycles. The van der Waals surface area contributed by atoms with Crippen LogP contribution in [-0.4, -0.2) is 28.7 Å². The van der Waals surface area contributed by atoms with Crippen molar-refractivity contribution in [3.8, 4) is 0 Å². The van der Waals surface area contributed by atoms with Gasteiger partial charge in [0.15, 0.2) is 0 Å². The van der Waals surface area contributed by atoms with Gasteiger partial charge in [0.05, 0.1) is 23.2 Å². The second kappa shape index (κ2) is 3.90. The van der Waals surface area contributed by atoms with Gasteiger partial charge < -0.3 is 9.84 Å². The lowest BCUT2D eigenvalue weighted by atomic mass is 10.0. The Kier molecular flexibility index (Phi) is 2.57. The standard InChI is InChI=1S/C10H9NO5/c12-10(13)9-2-1-7(11(14)15)3-6(9)4-8-5-16-8/h1-3,8H,4-5H2,(H,12,13)/t8-/m1/s1. The summed E-state index contributed by atoms with van der Waals surface area (Å²) < 4.78 is 4.98. The number of benzene rings is 1. The first-order valence-corrected chi connectivity index (χ1v) is 4.70. The first-order valence-electron chi connectivity index (χ1n) is 4.70. The Balaban J connectivity index is 2.37. The van der Waals surface area contributed by atoms with Gasteiger partial charge in [-0.25, -0.2) is 4.79 Å². The second-order valence-corrected chi connectivity index (χ2v) is 3.56. The third-order valence-electron chi connectivity index (χ3n) is 2.38. The molecule has 16 heavy (non-hydrogen) atoms. The number of hydrogen-bond acceptors (Lipinski definition) is 4. The number of carboxylic acid groups (broad SMARTS) is 1. The van der Waals surface area contributed by atoms with Crippen molar-refractivity contribution >= 4 is 11.7 Å². The van der Waals surface area contributed by atoms with Crippen molar-refractivity contribution in [2.75, 3.05) is 6.61 Å². The smallest absolute Gasteiger partial charge is 0.335 e. The summed E-state index contributed by atoms with van der Waals surface area (Å²) in [6.45, 7) is 0.585. The number of nitro groups is 1. The second-order valence-electron chi connectivity index (χ2n) is 3.56. The van der Waals surface area contributed by atoms with Crippen LogP contribution in [0.1, 0.15) is 15.9 Å². The van der Waals surface area contributed by atoms with Crippen LogP contribution in [0.25, 0.3) is 0 Å². The monoisotopic (exact) mass is 223 g/mol. The van der Waals surface area contributed by atoms with Crippen LogP contribution < -0.4 is 0 Å². The molecule has 1 fully saturated rings. The topological polar surface area (TPSA) is 93.0 Å². The lowest BCUT2D eigenvalue weighted by Gasteiger charge is -2.03. The maximum absolute atomic E-state index is 10.9. The Morgan fingerprint density at radius 1 is 1.62 bits per heavy atom. The molecule has 0 unspecified atom stereocenters. The molecule has 1 aromatic rings. The normalized spacial score (nSPS) is 18.1. The minimum Gasteiger partial charge on any atom is -0.478 e. The van der Waals surface area contributed by atoms with Crippen molar-refractivity contribution in [2.24, 2.45) is 0 Å². The SMILES string of the molecule is O=C(O)c1ccc([N+](=O)[O-])cc1C[C@@H]1CO1. The molecule has 0 saturated carbocycles. The predicted molar refractivity (Wildman–Crippen MR) is 53.5 cm³/mol. The highest BCUT2D eigenvalue weighted by Crippen LogP contribution is 2.23. The summed E-state index contributed by atoms with van der Waals surface area (Å²) in [6.07, 6.45) is 0.406. The van der Waals surface area contributed by atoms with E-state index in [9.17, 15) is 14.9 Å². The van der Waals surface area contributed by atoms with E-state index in [1.807, 2.05) is 0 Å². The first kappa shape index (κ1) is 10.6. The van der Waals surface area contributed by atoms with E-state index >= 15 is 0 Å². The highest BCUT2D eigenvalue weighted by molar-refractivity contribution is 5.89. The van der Waals surface area contributed by atoms with Gasteiger partial charge in [0.2, 0.25) is 0 Å². The van der Waals surface area contributed by atoms with Gasteiger partial charge >= 0.3 is 5.97 Å². The van der Waals surface area contributed by atoms with Gasteiger partial charge in [-0.05, 0) is 11.6 Å². The molecule has 2 rings (SSSR count). The van der Waals surface area contributed by atoms with Crippen molar-refractivity contribution in [3.63, 3.8) is 0 Å². The Morgan fingerprint density at radius 3 is 2.81 bits per heavy atom. The zero-order valence-corrected chi connectivity index (χ0v) is 8.25. The van der Waals surface area contributed by atoms with E-state index in [1.54, 1.807) is 0 Å². The zero-order valence-electron chi connectivity index (χ0n) is 8.25. The number of ether oxygens (including phenoxy) is 1. The van der Waals surface area contributed by atoms with Gasteiger partial charge in [0.1, 0.15) is 0 Å². The number of hydrogen-bond donors (Lipinski definition) is 1. The summed E-state index contributed by atoms with van der Waals surface area (Å²) in [4.78, 5) is 20.9. The summed E-state index contributed by atoms with van der Waals surface area (Å²) in [5, 5.41) is 19.5. The molecule has 0 spiro atoms. The molecule has 6 nitrogen and oxygen atoms in total. The van der Waals surface area contributed by atoms with E-state index in [1.165, 1.54) is 18.2 Å². The molecular weight excluding hydrogens is 214 g/mol. The van der Waals surface area contributed by atoms with Crippen LogP contribution in [0, 0.1) is 10.1 Å². The largest absolute Gasteiger partial charge is 0.478 e. The molecule has 1 aliphatic heterocycles. The van der Waals surface area contributed by atoms with E-state index in [4.69, 9.17) is 9.84 Å². The summed E-state index contributed by atoms with van der Waals surface area (Å²) in [5.41, 5.74) is 0.450. The van der Waals surface area contributed by atoms with Gasteiger partial charge in [-0.2, -0.15) is 0 Å². The molecule has 1 aromatic carbocycles. The number of nitrogens with zero attached hydrogens (tertiary/aromatic N) is 1. The van der Waals surface area contributed by atoms with Crippen LogP contribution in [0.15, 0.2) is 18.2 Å². The van der Waals surface area contributed by atoms with Crippen LogP contribution >= 0.6 is 0 Å². The third-order valence-corrected chi connectivity index (χ3v) is 2.38. The van der Waals surface area contributed by atoms with Crippen molar-refractivity contribution < 1.29 is 19.6 Å². The Bertz CT molecular complexity index is 453. The minimum absolute atomic E-state index is 0.0000964. The summed E-state index contributed by atoms with van der Waals surface area (Å²) in [5.74, 6) is -1.08. The molecule has 6 heteroatoms. The average Bonchev–Trinajstić information content (AvgIpc) is 3.01. The van der Waals surface area contributed by atoms with Crippen LogP contribution in [0.2, 0.25) is 0 Å². The van der Waals surface area contributed by atoms with E-state index in [2.05, 4.69) is 0 Å². The Labute approximate surface area is 90.6 Å². The maximum Gasteiger partial charge on any atom is 0.335 e. The molecule has 1 atom stereocenters. The number of aromatic carboxylic acids is 1. The fourth-order valence-electron chi connectivity index (χ4n) is 1.50. The lowest BCUT2D eigenvalue weighted by Crippen LogP contribution is -2.06.